The predicted octanol–water partition coefficient (Wildman–Crippen LogP) is 2.64. The molecule has 3 heterocycles. The second-order valence-corrected chi connectivity index (χ2v) is 6.05. The average Bonchev–Trinajstić information content (AvgIpc) is 3.32. The molecule has 0 aliphatic carbocycles. The van der Waals surface area contributed by atoms with Crippen LogP contribution in [0.2, 0.25) is 5.02 Å². The highest BCUT2D eigenvalue weighted by atomic mass is 35.5. The molecular formula is C16H15ClN4O3. The molecule has 4 rings (SSSR count). The Morgan fingerprint density at radius 1 is 1.42 bits per heavy atom. The second-order valence-electron chi connectivity index (χ2n) is 5.64. The van der Waals surface area contributed by atoms with Crippen LogP contribution in [0.25, 0.3) is 11.0 Å². The SMILES string of the molecule is O=C(NCc1nc([C@H]2CCOC2)n[nH]1)c1ccc(Cl)c2occc12. The maximum absolute atomic E-state index is 12.4. The van der Waals surface area contributed by atoms with E-state index in [1.807, 2.05) is 0 Å². The summed E-state index contributed by atoms with van der Waals surface area (Å²) >= 11 is 6.05. The lowest BCUT2D eigenvalue weighted by Gasteiger charge is -2.05. The minimum absolute atomic E-state index is 0.222. The van der Waals surface area contributed by atoms with E-state index < -0.39 is 0 Å². The monoisotopic (exact) mass is 346 g/mol. The summed E-state index contributed by atoms with van der Waals surface area (Å²) in [5.41, 5.74) is 1.01. The van der Waals surface area contributed by atoms with E-state index in [0.717, 1.165) is 18.9 Å². The van der Waals surface area contributed by atoms with Gasteiger partial charge >= 0.3 is 0 Å². The number of carbonyl (C=O) groups is 1. The van der Waals surface area contributed by atoms with Crippen molar-refractivity contribution in [3.8, 4) is 0 Å². The molecular weight excluding hydrogens is 332 g/mol. The molecule has 2 aromatic heterocycles. The smallest absolute Gasteiger partial charge is 0.252 e. The summed E-state index contributed by atoms with van der Waals surface area (Å²) in [6.07, 6.45) is 2.44. The Morgan fingerprint density at radius 3 is 3.17 bits per heavy atom. The maximum Gasteiger partial charge on any atom is 0.252 e. The fourth-order valence-electron chi connectivity index (χ4n) is 2.80. The van der Waals surface area contributed by atoms with Gasteiger partial charge in [-0.15, -0.1) is 0 Å². The summed E-state index contributed by atoms with van der Waals surface area (Å²) in [5, 5.41) is 11.1. The van der Waals surface area contributed by atoms with Crippen LogP contribution in [0.5, 0.6) is 0 Å². The van der Waals surface area contributed by atoms with E-state index in [1.165, 1.54) is 6.26 Å². The van der Waals surface area contributed by atoms with Gasteiger partial charge in [0.05, 0.1) is 30.0 Å². The zero-order chi connectivity index (χ0) is 16.5. The fraction of sp³-hybridized carbons (Fsp3) is 0.312. The van der Waals surface area contributed by atoms with Gasteiger partial charge in [-0.25, -0.2) is 4.98 Å². The Balaban J connectivity index is 1.46. The van der Waals surface area contributed by atoms with Crippen LogP contribution in [-0.4, -0.2) is 34.3 Å². The summed E-state index contributed by atoms with van der Waals surface area (Å²) in [6, 6.07) is 5.05. The van der Waals surface area contributed by atoms with Crippen LogP contribution >= 0.6 is 11.6 Å². The number of H-pyrrole nitrogens is 1. The van der Waals surface area contributed by atoms with Crippen LogP contribution in [0.1, 0.15) is 34.3 Å². The minimum atomic E-state index is -0.222. The molecule has 1 aliphatic heterocycles. The van der Waals surface area contributed by atoms with E-state index >= 15 is 0 Å². The van der Waals surface area contributed by atoms with Gasteiger partial charge in [0.15, 0.2) is 11.4 Å². The van der Waals surface area contributed by atoms with Gasteiger partial charge in [0.25, 0.3) is 5.91 Å². The Morgan fingerprint density at radius 2 is 2.33 bits per heavy atom. The molecule has 2 N–H and O–H groups in total. The van der Waals surface area contributed by atoms with E-state index in [1.54, 1.807) is 18.2 Å². The number of carbonyl (C=O) groups excluding carboxylic acids is 1. The van der Waals surface area contributed by atoms with Gasteiger partial charge in [-0.1, -0.05) is 11.6 Å². The van der Waals surface area contributed by atoms with Crippen LogP contribution in [0.15, 0.2) is 28.9 Å². The molecule has 0 unspecified atom stereocenters. The summed E-state index contributed by atoms with van der Waals surface area (Å²) in [7, 11) is 0. The van der Waals surface area contributed by atoms with Gasteiger partial charge in [-0.3, -0.25) is 9.89 Å². The maximum atomic E-state index is 12.4. The molecule has 1 aliphatic rings. The van der Waals surface area contributed by atoms with Gasteiger partial charge in [0.2, 0.25) is 0 Å². The average molecular weight is 347 g/mol. The van der Waals surface area contributed by atoms with E-state index in [-0.39, 0.29) is 18.4 Å². The lowest BCUT2D eigenvalue weighted by molar-refractivity contribution is 0.0951. The molecule has 7 nitrogen and oxygen atoms in total. The van der Waals surface area contributed by atoms with Crippen molar-refractivity contribution >= 4 is 28.5 Å². The number of hydrogen-bond donors (Lipinski definition) is 2. The molecule has 8 heteroatoms. The normalized spacial score (nSPS) is 17.5. The van der Waals surface area contributed by atoms with Crippen molar-refractivity contribution in [2.75, 3.05) is 13.2 Å². The van der Waals surface area contributed by atoms with Crippen molar-refractivity contribution < 1.29 is 13.9 Å². The molecule has 24 heavy (non-hydrogen) atoms. The van der Waals surface area contributed by atoms with Gasteiger partial charge in [-0.05, 0) is 24.6 Å². The number of aromatic amines is 1. The first-order chi connectivity index (χ1) is 11.7. The number of fused-ring (bicyclic) bond motifs is 1. The van der Waals surface area contributed by atoms with Crippen LogP contribution in [0, 0.1) is 0 Å². The number of nitrogens with zero attached hydrogens (tertiary/aromatic N) is 2. The zero-order valence-electron chi connectivity index (χ0n) is 12.7. The minimum Gasteiger partial charge on any atom is -0.463 e. The zero-order valence-corrected chi connectivity index (χ0v) is 13.5. The number of aromatic nitrogens is 3. The van der Waals surface area contributed by atoms with Crippen molar-refractivity contribution in [1.29, 1.82) is 0 Å². The van der Waals surface area contributed by atoms with Crippen molar-refractivity contribution in [3.63, 3.8) is 0 Å². The molecule has 0 spiro atoms. The first kappa shape index (κ1) is 15.2. The number of rotatable bonds is 4. The Bertz CT molecular complexity index is 882. The van der Waals surface area contributed by atoms with E-state index in [0.29, 0.717) is 34.0 Å². The largest absolute Gasteiger partial charge is 0.463 e. The first-order valence-corrected chi connectivity index (χ1v) is 8.03. The van der Waals surface area contributed by atoms with Crippen molar-refractivity contribution in [2.24, 2.45) is 0 Å². The molecule has 1 saturated heterocycles. The molecule has 1 aromatic carbocycles. The number of halogens is 1. The number of furan rings is 1. The molecule has 3 aromatic rings. The quantitative estimate of drug-likeness (QED) is 0.757. The Hall–Kier alpha value is -2.38. The standard InChI is InChI=1S/C16H15ClN4O3/c17-12-2-1-11(10-4-6-24-14(10)12)16(22)18-7-13-19-15(21-20-13)9-3-5-23-8-9/h1-2,4,6,9H,3,5,7-8H2,(H,18,22)(H,19,20,21)/t9-/m0/s1. The van der Waals surface area contributed by atoms with Crippen LogP contribution < -0.4 is 5.32 Å². The highest BCUT2D eigenvalue weighted by Crippen LogP contribution is 2.27. The number of nitrogens with one attached hydrogen (secondary N) is 2. The number of amides is 1. The number of hydrogen-bond acceptors (Lipinski definition) is 5. The number of ether oxygens (including phenoxy) is 1. The summed E-state index contributed by atoms with van der Waals surface area (Å²) in [5.74, 6) is 1.36. The third-order valence-electron chi connectivity index (χ3n) is 4.07. The molecule has 0 bridgehead atoms. The fourth-order valence-corrected chi connectivity index (χ4v) is 3.00. The van der Waals surface area contributed by atoms with Gasteiger partial charge in [0.1, 0.15) is 5.82 Å². The van der Waals surface area contributed by atoms with E-state index in [2.05, 4.69) is 20.5 Å². The van der Waals surface area contributed by atoms with E-state index in [9.17, 15) is 4.79 Å². The van der Waals surface area contributed by atoms with Crippen LogP contribution in [0.4, 0.5) is 0 Å². The topological polar surface area (TPSA) is 93.0 Å². The first-order valence-electron chi connectivity index (χ1n) is 7.65. The van der Waals surface area contributed by atoms with Crippen LogP contribution in [-0.2, 0) is 11.3 Å². The second kappa shape index (κ2) is 6.26. The molecule has 1 amide bonds. The summed E-state index contributed by atoms with van der Waals surface area (Å²) in [6.45, 7) is 1.65. The van der Waals surface area contributed by atoms with Crippen molar-refractivity contribution in [1.82, 2.24) is 20.5 Å². The summed E-state index contributed by atoms with van der Waals surface area (Å²) < 4.78 is 10.6. The molecule has 124 valence electrons. The molecule has 1 fully saturated rings. The van der Waals surface area contributed by atoms with Gasteiger partial charge in [0, 0.05) is 17.9 Å². The third-order valence-corrected chi connectivity index (χ3v) is 4.37. The number of benzene rings is 1. The van der Waals surface area contributed by atoms with Crippen molar-refractivity contribution in [2.45, 2.75) is 18.9 Å². The Kier molecular flexibility index (Phi) is 3.95. The Labute approximate surface area is 142 Å². The lowest BCUT2D eigenvalue weighted by Crippen LogP contribution is -2.23. The third kappa shape index (κ3) is 2.76. The van der Waals surface area contributed by atoms with E-state index in [4.69, 9.17) is 20.8 Å². The highest BCUT2D eigenvalue weighted by Gasteiger charge is 2.22. The molecule has 0 radical (unpaired) electrons. The predicted molar refractivity (Wildman–Crippen MR) is 87.0 cm³/mol. The van der Waals surface area contributed by atoms with Crippen molar-refractivity contribution in [3.05, 3.63) is 46.7 Å². The van der Waals surface area contributed by atoms with Crippen LogP contribution in [0.3, 0.4) is 0 Å². The van der Waals surface area contributed by atoms with Gasteiger partial charge in [-0.2, -0.15) is 5.10 Å². The lowest BCUT2D eigenvalue weighted by atomic mass is 10.1. The molecule has 0 saturated carbocycles. The van der Waals surface area contributed by atoms with Gasteiger partial charge < -0.3 is 14.5 Å². The molecule has 1 atom stereocenters. The highest BCUT2D eigenvalue weighted by molar-refractivity contribution is 6.35. The summed E-state index contributed by atoms with van der Waals surface area (Å²) in [4.78, 5) is 16.8.